The molecule has 0 atom stereocenters. The summed E-state index contributed by atoms with van der Waals surface area (Å²) in [6.07, 6.45) is 0.666. The number of ether oxygens (including phenoxy) is 1. The first-order valence-electron chi connectivity index (χ1n) is 4.73. The Labute approximate surface area is 88.3 Å². The summed E-state index contributed by atoms with van der Waals surface area (Å²) in [7, 11) is 0. The largest absolute Gasteiger partial charge is 0.475 e. The molecule has 1 aromatic carbocycles. The predicted octanol–water partition coefficient (Wildman–Crippen LogP) is 2.44. The van der Waals surface area contributed by atoms with Crippen LogP contribution in [0.25, 0.3) is 0 Å². The van der Waals surface area contributed by atoms with E-state index in [1.165, 1.54) is 4.90 Å². The van der Waals surface area contributed by atoms with Gasteiger partial charge in [-0.3, -0.25) is 0 Å². The van der Waals surface area contributed by atoms with Crippen LogP contribution in [0, 0.1) is 0 Å². The van der Waals surface area contributed by atoms with Crippen molar-refractivity contribution in [2.75, 3.05) is 6.61 Å². The normalized spacial score (nSPS) is 17.6. The summed E-state index contributed by atoms with van der Waals surface area (Å²) in [5.41, 5.74) is 1.10. The molecule has 0 bridgehead atoms. The Hall–Kier alpha value is -0.670. The summed E-state index contributed by atoms with van der Waals surface area (Å²) in [6, 6.07) is 6.09. The first-order valence-corrected chi connectivity index (χ1v) is 5.55. The molecular weight excluding hydrogens is 196 g/mol. The van der Waals surface area contributed by atoms with Crippen molar-refractivity contribution in [2.45, 2.75) is 30.1 Å². The van der Waals surface area contributed by atoms with Gasteiger partial charge in [-0.1, -0.05) is 23.9 Å². The van der Waals surface area contributed by atoms with Crippen molar-refractivity contribution in [1.29, 1.82) is 0 Å². The molecule has 14 heavy (non-hydrogen) atoms. The molecule has 1 aliphatic heterocycles. The summed E-state index contributed by atoms with van der Waals surface area (Å²) >= 11 is 1.73. The zero-order chi connectivity index (χ0) is 10.2. The van der Waals surface area contributed by atoms with Crippen LogP contribution >= 0.6 is 11.8 Å². The van der Waals surface area contributed by atoms with E-state index in [1.54, 1.807) is 11.8 Å². The van der Waals surface area contributed by atoms with Crippen molar-refractivity contribution in [3.05, 3.63) is 23.8 Å². The van der Waals surface area contributed by atoms with Gasteiger partial charge < -0.3 is 9.84 Å². The molecule has 2 rings (SSSR count). The highest BCUT2D eigenvalue weighted by Gasteiger charge is 2.32. The molecule has 1 aromatic rings. The molecule has 0 saturated carbocycles. The fraction of sp³-hybridized carbons (Fsp3) is 0.455. The average Bonchev–Trinajstić information content (AvgIpc) is 2.41. The molecule has 3 heteroatoms. The van der Waals surface area contributed by atoms with Gasteiger partial charge in [-0.2, -0.15) is 0 Å². The second kappa shape index (κ2) is 3.48. The third-order valence-corrected chi connectivity index (χ3v) is 3.26. The number of fused-ring (bicyclic) bond motifs is 1. The number of benzene rings is 1. The number of hydrogen-bond donors (Lipinski definition) is 1. The topological polar surface area (TPSA) is 29.5 Å². The number of rotatable bonds is 2. The molecule has 76 valence electrons. The molecule has 0 saturated heterocycles. The van der Waals surface area contributed by atoms with Gasteiger partial charge in [0.05, 0.1) is 4.90 Å². The molecule has 0 amide bonds. The van der Waals surface area contributed by atoms with Crippen LogP contribution in [0.15, 0.2) is 23.1 Å². The summed E-state index contributed by atoms with van der Waals surface area (Å²) in [4.78, 5) is 1.01. The second-order valence-electron chi connectivity index (χ2n) is 3.82. The van der Waals surface area contributed by atoms with Gasteiger partial charge >= 0.3 is 0 Å². The fourth-order valence-corrected chi connectivity index (χ4v) is 2.67. The van der Waals surface area contributed by atoms with E-state index in [0.717, 1.165) is 11.3 Å². The van der Waals surface area contributed by atoms with Crippen molar-refractivity contribution in [3.8, 4) is 5.75 Å². The molecule has 0 unspecified atom stereocenters. The minimum atomic E-state index is -0.173. The molecule has 2 nitrogen and oxygen atoms in total. The molecule has 1 aliphatic rings. The van der Waals surface area contributed by atoms with Crippen LogP contribution in [0.5, 0.6) is 5.75 Å². The highest BCUT2D eigenvalue weighted by molar-refractivity contribution is 8.00. The summed E-state index contributed by atoms with van der Waals surface area (Å²) in [5.74, 6) is 0.955. The predicted molar refractivity (Wildman–Crippen MR) is 57.8 cm³/mol. The third kappa shape index (κ3) is 1.74. The summed E-state index contributed by atoms with van der Waals surface area (Å²) in [6.45, 7) is 4.28. The summed E-state index contributed by atoms with van der Waals surface area (Å²) in [5, 5.41) is 8.92. The van der Waals surface area contributed by atoms with Gasteiger partial charge in [-0.25, -0.2) is 0 Å². The number of thioether (sulfide) groups is 1. The Morgan fingerprint density at radius 1 is 1.43 bits per heavy atom. The Kier molecular flexibility index (Phi) is 2.45. The maximum absolute atomic E-state index is 8.92. The minimum absolute atomic E-state index is 0.172. The molecule has 0 fully saturated rings. The van der Waals surface area contributed by atoms with Crippen molar-refractivity contribution < 1.29 is 9.84 Å². The van der Waals surface area contributed by atoms with Gasteiger partial charge in [0.15, 0.2) is 4.93 Å². The second-order valence-corrected chi connectivity index (χ2v) is 5.45. The van der Waals surface area contributed by atoms with Crippen molar-refractivity contribution in [3.63, 3.8) is 0 Å². The van der Waals surface area contributed by atoms with Gasteiger partial charge in [0, 0.05) is 6.61 Å². The monoisotopic (exact) mass is 210 g/mol. The van der Waals surface area contributed by atoms with Crippen LogP contribution in [0.1, 0.15) is 19.4 Å². The lowest BCUT2D eigenvalue weighted by Gasteiger charge is -2.16. The van der Waals surface area contributed by atoms with Gasteiger partial charge in [-0.05, 0) is 31.9 Å². The molecule has 1 heterocycles. The minimum Gasteiger partial charge on any atom is -0.475 e. The zero-order valence-electron chi connectivity index (χ0n) is 8.41. The van der Waals surface area contributed by atoms with Crippen molar-refractivity contribution in [1.82, 2.24) is 0 Å². The van der Waals surface area contributed by atoms with Gasteiger partial charge in [0.2, 0.25) is 0 Å². The van der Waals surface area contributed by atoms with E-state index in [4.69, 9.17) is 9.84 Å². The number of hydrogen-bond acceptors (Lipinski definition) is 3. The SMILES string of the molecule is CC1(C)Oc2c(CCO)cccc2S1. The lowest BCUT2D eigenvalue weighted by atomic mass is 10.1. The van der Waals surface area contributed by atoms with E-state index >= 15 is 0 Å². The lowest BCUT2D eigenvalue weighted by Crippen LogP contribution is -2.18. The van der Waals surface area contributed by atoms with Gasteiger partial charge in [0.1, 0.15) is 5.75 Å². The smallest absolute Gasteiger partial charge is 0.153 e. The Morgan fingerprint density at radius 2 is 2.21 bits per heavy atom. The van der Waals surface area contributed by atoms with Crippen LogP contribution in [-0.2, 0) is 6.42 Å². The maximum Gasteiger partial charge on any atom is 0.153 e. The lowest BCUT2D eigenvalue weighted by molar-refractivity contribution is 0.210. The molecule has 1 N–H and O–H groups in total. The quantitative estimate of drug-likeness (QED) is 0.813. The standard InChI is InChI=1S/C11H14O2S/c1-11(2)13-10-8(6-7-12)4-3-5-9(10)14-11/h3-5,12H,6-7H2,1-2H3. The zero-order valence-corrected chi connectivity index (χ0v) is 9.23. The molecule has 0 spiro atoms. The van der Waals surface area contributed by atoms with E-state index < -0.39 is 0 Å². The Balaban J connectivity index is 2.36. The van der Waals surface area contributed by atoms with E-state index in [0.29, 0.717) is 6.42 Å². The molecule has 0 aliphatic carbocycles. The average molecular weight is 210 g/mol. The van der Waals surface area contributed by atoms with Crippen LogP contribution < -0.4 is 4.74 Å². The van der Waals surface area contributed by atoms with Gasteiger partial charge in [0.25, 0.3) is 0 Å². The fourth-order valence-electron chi connectivity index (χ4n) is 1.61. The van der Waals surface area contributed by atoms with Crippen LogP contribution in [-0.4, -0.2) is 16.6 Å². The van der Waals surface area contributed by atoms with Crippen LogP contribution in [0.3, 0.4) is 0 Å². The highest BCUT2D eigenvalue weighted by atomic mass is 32.2. The van der Waals surface area contributed by atoms with E-state index in [2.05, 4.69) is 19.9 Å². The van der Waals surface area contributed by atoms with E-state index in [-0.39, 0.29) is 11.5 Å². The van der Waals surface area contributed by atoms with Gasteiger partial charge in [-0.15, -0.1) is 0 Å². The maximum atomic E-state index is 8.92. The Morgan fingerprint density at radius 3 is 2.93 bits per heavy atom. The molecule has 0 radical (unpaired) electrons. The summed E-state index contributed by atoms with van der Waals surface area (Å²) < 4.78 is 5.83. The van der Waals surface area contributed by atoms with E-state index in [9.17, 15) is 0 Å². The number of para-hydroxylation sites is 1. The first kappa shape index (κ1) is 9.87. The van der Waals surface area contributed by atoms with Crippen LogP contribution in [0.4, 0.5) is 0 Å². The third-order valence-electron chi connectivity index (χ3n) is 2.15. The van der Waals surface area contributed by atoms with Crippen molar-refractivity contribution in [2.24, 2.45) is 0 Å². The molecule has 0 aromatic heterocycles. The number of aliphatic hydroxyl groups excluding tert-OH is 1. The number of aliphatic hydroxyl groups is 1. The highest BCUT2D eigenvalue weighted by Crippen LogP contribution is 2.48. The van der Waals surface area contributed by atoms with Crippen LogP contribution in [0.2, 0.25) is 0 Å². The molecular formula is C11H14O2S. The Bertz CT molecular complexity index is 347. The first-order chi connectivity index (χ1) is 6.62. The van der Waals surface area contributed by atoms with Crippen molar-refractivity contribution >= 4 is 11.8 Å². The van der Waals surface area contributed by atoms with E-state index in [1.807, 2.05) is 12.1 Å².